The van der Waals surface area contributed by atoms with Crippen LogP contribution in [0.25, 0.3) is 83.6 Å². The van der Waals surface area contributed by atoms with Gasteiger partial charge in [-0.2, -0.15) is 0 Å². The van der Waals surface area contributed by atoms with E-state index in [0.29, 0.717) is 0 Å². The zero-order chi connectivity index (χ0) is 51.7. The molecule has 366 valence electrons. The minimum Gasteiger partial charge on any atom is -0.310 e. The average Bonchev–Trinajstić information content (AvgIpc) is 3.82. The molecule has 0 amide bonds. The summed E-state index contributed by atoms with van der Waals surface area (Å²) in [4.78, 5) is 14.9. The maximum absolute atomic E-state index is 5.17. The van der Waals surface area contributed by atoms with Gasteiger partial charge < -0.3 is 14.4 Å². The van der Waals surface area contributed by atoms with Crippen LogP contribution in [-0.4, -0.2) is 14.5 Å². The summed E-state index contributed by atoms with van der Waals surface area (Å²) in [6, 6.07) is 102. The smallest absolute Gasteiger partial charge is 0.160 e. The molecule has 0 N–H and O–H groups in total. The summed E-state index contributed by atoms with van der Waals surface area (Å²) < 4.78 is 2.41. The lowest BCUT2D eigenvalue weighted by molar-refractivity contribution is 1.17. The van der Waals surface area contributed by atoms with Gasteiger partial charge >= 0.3 is 0 Å². The summed E-state index contributed by atoms with van der Waals surface area (Å²) in [5.74, 6) is 0.718. The van der Waals surface area contributed by atoms with E-state index < -0.39 is 0 Å². The summed E-state index contributed by atoms with van der Waals surface area (Å²) in [5.41, 5.74) is 22.0. The Morgan fingerprint density at radius 2 is 0.649 bits per heavy atom. The van der Waals surface area contributed by atoms with Gasteiger partial charge in [0.1, 0.15) is 0 Å². The Balaban J connectivity index is 0.859. The fourth-order valence-corrected chi connectivity index (χ4v) is 11.0. The Morgan fingerprint density at radius 1 is 0.286 bits per heavy atom. The minimum absolute atomic E-state index is 0.718. The van der Waals surface area contributed by atoms with Gasteiger partial charge in [-0.3, -0.25) is 0 Å². The van der Waals surface area contributed by atoms with Crippen LogP contribution in [0.1, 0.15) is 11.1 Å². The largest absolute Gasteiger partial charge is 0.310 e. The maximum atomic E-state index is 5.17. The number of benzene rings is 11. The highest BCUT2D eigenvalue weighted by Crippen LogP contribution is 2.43. The van der Waals surface area contributed by atoms with E-state index in [1.54, 1.807) is 0 Å². The highest BCUT2D eigenvalue weighted by molar-refractivity contribution is 6.12. The van der Waals surface area contributed by atoms with Crippen molar-refractivity contribution in [1.82, 2.24) is 14.5 Å². The minimum atomic E-state index is 0.718. The molecule has 0 aliphatic heterocycles. The lowest BCUT2D eigenvalue weighted by Crippen LogP contribution is -2.09. The Morgan fingerprint density at radius 3 is 1.08 bits per heavy atom. The van der Waals surface area contributed by atoms with Gasteiger partial charge in [0, 0.05) is 67.3 Å². The molecule has 11 aromatic carbocycles. The zero-order valence-corrected chi connectivity index (χ0v) is 42.9. The molecule has 13 rings (SSSR count). The molecule has 0 spiro atoms. The van der Waals surface area contributed by atoms with E-state index in [1.807, 2.05) is 24.3 Å². The quantitative estimate of drug-likeness (QED) is 0.122. The van der Waals surface area contributed by atoms with Gasteiger partial charge in [0.25, 0.3) is 0 Å². The van der Waals surface area contributed by atoms with E-state index in [4.69, 9.17) is 9.97 Å². The zero-order valence-electron chi connectivity index (χ0n) is 42.9. The number of rotatable bonds is 12. The Bertz CT molecular complexity index is 3880. The van der Waals surface area contributed by atoms with E-state index in [2.05, 4.69) is 289 Å². The molecule has 0 radical (unpaired) electrons. The molecule has 0 atom stereocenters. The van der Waals surface area contributed by atoms with Crippen molar-refractivity contribution in [2.24, 2.45) is 0 Å². The van der Waals surface area contributed by atoms with Crippen LogP contribution in [0, 0.1) is 13.8 Å². The van der Waals surface area contributed by atoms with Crippen LogP contribution >= 0.6 is 0 Å². The first-order valence-electron chi connectivity index (χ1n) is 26.2. The highest BCUT2D eigenvalue weighted by atomic mass is 15.1. The molecule has 2 heterocycles. The average molecular weight is 988 g/mol. The van der Waals surface area contributed by atoms with Gasteiger partial charge in [-0.05, 0) is 150 Å². The predicted octanol–water partition coefficient (Wildman–Crippen LogP) is 19.5. The van der Waals surface area contributed by atoms with Crippen LogP contribution < -0.4 is 9.80 Å². The topological polar surface area (TPSA) is 37.2 Å². The summed E-state index contributed by atoms with van der Waals surface area (Å²) in [5, 5.41) is 2.34. The third-order valence-electron chi connectivity index (χ3n) is 14.6. The Hall–Kier alpha value is -10.1. The molecule has 5 nitrogen and oxygen atoms in total. The fraction of sp³-hybridized carbons (Fsp3) is 0.0278. The lowest BCUT2D eigenvalue weighted by Gasteiger charge is -2.26. The molecule has 0 saturated carbocycles. The molecule has 0 aliphatic carbocycles. The van der Waals surface area contributed by atoms with Crippen LogP contribution in [0.4, 0.5) is 34.1 Å². The van der Waals surface area contributed by atoms with Gasteiger partial charge in [-0.1, -0.05) is 182 Å². The third kappa shape index (κ3) is 9.11. The molecule has 2 aromatic heterocycles. The van der Waals surface area contributed by atoms with Crippen molar-refractivity contribution in [1.29, 1.82) is 0 Å². The molecular weight excluding hydrogens is 935 g/mol. The predicted molar refractivity (Wildman–Crippen MR) is 322 cm³/mol. The second-order valence-corrected chi connectivity index (χ2v) is 19.6. The molecule has 13 aromatic rings. The van der Waals surface area contributed by atoms with Crippen LogP contribution in [0.2, 0.25) is 0 Å². The molecular formula is C72H53N5. The molecule has 5 heteroatoms. The van der Waals surface area contributed by atoms with Gasteiger partial charge in [0.2, 0.25) is 0 Å². The maximum Gasteiger partial charge on any atom is 0.160 e. The summed E-state index contributed by atoms with van der Waals surface area (Å²) in [6.45, 7) is 4.38. The van der Waals surface area contributed by atoms with Crippen molar-refractivity contribution in [3.8, 4) is 61.8 Å². The van der Waals surface area contributed by atoms with Gasteiger partial charge in [0.05, 0.1) is 22.4 Å². The second kappa shape index (κ2) is 20.3. The normalized spacial score (nSPS) is 11.2. The number of para-hydroxylation sites is 4. The first-order valence-corrected chi connectivity index (χ1v) is 26.2. The van der Waals surface area contributed by atoms with Gasteiger partial charge in [-0.25, -0.2) is 9.97 Å². The molecule has 0 saturated heterocycles. The van der Waals surface area contributed by atoms with Crippen LogP contribution in [0.3, 0.4) is 0 Å². The standard InChI is InChI=1S/C72H53N5/c1-50-45-57(46-51(2)71(50)68-49-67(55-21-9-3-10-22-55)73-72(74-68)56-23-11-4-12-24-56)54-35-33-52(34-36-54)53-37-39-62(40-38-53)77-69-43-41-63(75(58-25-13-5-14-26-58)59-27-15-6-16-28-59)47-65(69)66-48-64(42-44-70(66)77)76(60-29-17-7-18-30-60)61-31-19-8-20-32-61/h3-49H,1-2H3. The number of aryl methyl sites for hydroxylation is 2. The van der Waals surface area contributed by atoms with E-state index in [1.165, 1.54) is 33.0 Å². The van der Waals surface area contributed by atoms with Gasteiger partial charge in [-0.15, -0.1) is 0 Å². The van der Waals surface area contributed by atoms with Crippen molar-refractivity contribution in [2.75, 3.05) is 9.80 Å². The number of hydrogen-bond acceptors (Lipinski definition) is 4. The first kappa shape index (κ1) is 46.7. The molecule has 0 unspecified atom stereocenters. The van der Waals surface area contributed by atoms with Crippen LogP contribution in [-0.2, 0) is 0 Å². The number of nitrogens with zero attached hydrogens (tertiary/aromatic N) is 5. The van der Waals surface area contributed by atoms with Crippen LogP contribution in [0.5, 0.6) is 0 Å². The van der Waals surface area contributed by atoms with Crippen molar-refractivity contribution in [2.45, 2.75) is 13.8 Å². The van der Waals surface area contributed by atoms with Gasteiger partial charge in [0.15, 0.2) is 5.82 Å². The van der Waals surface area contributed by atoms with Crippen molar-refractivity contribution in [3.05, 3.63) is 296 Å². The van der Waals surface area contributed by atoms with Crippen molar-refractivity contribution >= 4 is 55.9 Å². The van der Waals surface area contributed by atoms with E-state index >= 15 is 0 Å². The second-order valence-electron chi connectivity index (χ2n) is 19.6. The Kier molecular flexibility index (Phi) is 12.3. The monoisotopic (exact) mass is 987 g/mol. The Labute approximate surface area is 449 Å². The molecule has 0 bridgehead atoms. The van der Waals surface area contributed by atoms with Crippen molar-refractivity contribution in [3.63, 3.8) is 0 Å². The molecule has 77 heavy (non-hydrogen) atoms. The van der Waals surface area contributed by atoms with E-state index in [9.17, 15) is 0 Å². The third-order valence-corrected chi connectivity index (χ3v) is 14.6. The fourth-order valence-electron chi connectivity index (χ4n) is 11.0. The number of fused-ring (bicyclic) bond motifs is 3. The number of hydrogen-bond donors (Lipinski definition) is 0. The van der Waals surface area contributed by atoms with E-state index in [0.717, 1.165) is 95.9 Å². The summed E-state index contributed by atoms with van der Waals surface area (Å²) in [7, 11) is 0. The molecule has 0 fully saturated rings. The SMILES string of the molecule is Cc1cc(-c2ccc(-c3ccc(-n4c5ccc(N(c6ccccc6)c6ccccc6)cc5c5cc(N(c6ccccc6)c6ccccc6)ccc54)cc3)cc2)cc(C)c1-c1cc(-c2ccccc2)nc(-c2ccccc2)n1. The van der Waals surface area contributed by atoms with E-state index in [-0.39, 0.29) is 0 Å². The number of aromatic nitrogens is 3. The van der Waals surface area contributed by atoms with Crippen molar-refractivity contribution < 1.29 is 0 Å². The summed E-state index contributed by atoms with van der Waals surface area (Å²) in [6.07, 6.45) is 0. The first-order chi connectivity index (χ1) is 38.0. The van der Waals surface area contributed by atoms with Crippen LogP contribution in [0.15, 0.2) is 285 Å². The molecule has 0 aliphatic rings. The number of anilines is 6. The highest BCUT2D eigenvalue weighted by Gasteiger charge is 2.21. The lowest BCUT2D eigenvalue weighted by atomic mass is 9.92. The summed E-state index contributed by atoms with van der Waals surface area (Å²) >= 11 is 0.